The molecule has 2 aromatic heterocycles. The largest absolute Gasteiger partial charge is 0.490 e. The Morgan fingerprint density at radius 1 is 0.462 bits per heavy atom. The number of furan rings is 2. The SMILES string of the molecule is Cc1cc2c(c(C)c1N1c3cc(C(C)(C)C)cc4c3B(c3c1oc1ccc(C(C)(C)C)cc31)c1c(oc3ccc(C(C)(C)C)cc13)N4c1c(C)cc3c(c1C)OCCCO3)OCCCO2. The maximum atomic E-state index is 7.37. The third-order valence-electron chi connectivity index (χ3n) is 14.2. The van der Waals surface area contributed by atoms with Crippen LogP contribution >= 0.6 is 0 Å². The third kappa shape index (κ3) is 6.31. The van der Waals surface area contributed by atoms with Crippen molar-refractivity contribution in [3.8, 4) is 23.0 Å². The van der Waals surface area contributed by atoms with Crippen molar-refractivity contribution in [2.75, 3.05) is 36.2 Å². The Morgan fingerprint density at radius 2 is 0.862 bits per heavy atom. The number of anilines is 6. The van der Waals surface area contributed by atoms with Gasteiger partial charge in [-0.2, -0.15) is 0 Å². The van der Waals surface area contributed by atoms with Crippen LogP contribution in [0.15, 0.2) is 69.5 Å². The van der Waals surface area contributed by atoms with Crippen LogP contribution in [0.2, 0.25) is 0 Å². The molecule has 0 fully saturated rings. The fraction of sp³-hybridized carbons (Fsp3) is 0.393. The van der Waals surface area contributed by atoms with Crippen molar-refractivity contribution < 1.29 is 27.8 Å². The zero-order valence-electron chi connectivity index (χ0n) is 40.4. The highest BCUT2D eigenvalue weighted by Gasteiger charge is 2.50. The van der Waals surface area contributed by atoms with E-state index in [1.165, 1.54) is 22.2 Å². The summed E-state index contributed by atoms with van der Waals surface area (Å²) < 4.78 is 40.5. The van der Waals surface area contributed by atoms with Crippen LogP contribution in [0.5, 0.6) is 23.0 Å². The van der Waals surface area contributed by atoms with E-state index in [4.69, 9.17) is 27.8 Å². The van der Waals surface area contributed by atoms with Gasteiger partial charge in [0.1, 0.15) is 11.2 Å². The molecule has 0 radical (unpaired) electrons. The fourth-order valence-electron chi connectivity index (χ4n) is 10.8. The van der Waals surface area contributed by atoms with Crippen LogP contribution in [-0.4, -0.2) is 33.1 Å². The number of hydrogen-bond donors (Lipinski definition) is 0. The lowest BCUT2D eigenvalue weighted by molar-refractivity contribution is 0.296. The average molecular weight is 869 g/mol. The molecule has 5 aromatic carbocycles. The molecule has 0 saturated carbocycles. The molecule has 6 heterocycles. The summed E-state index contributed by atoms with van der Waals surface area (Å²) in [5.74, 6) is 4.78. The zero-order chi connectivity index (χ0) is 45.6. The van der Waals surface area contributed by atoms with Crippen molar-refractivity contribution in [2.45, 2.75) is 119 Å². The molecule has 0 bridgehead atoms. The van der Waals surface area contributed by atoms with Gasteiger partial charge in [0.2, 0.25) is 11.8 Å². The molecule has 11 rings (SSSR count). The van der Waals surface area contributed by atoms with Gasteiger partial charge in [-0.3, -0.25) is 9.80 Å². The monoisotopic (exact) mass is 868 g/mol. The summed E-state index contributed by atoms with van der Waals surface area (Å²) in [6.45, 7) is 31.5. The van der Waals surface area contributed by atoms with Gasteiger partial charge in [-0.1, -0.05) is 74.4 Å². The van der Waals surface area contributed by atoms with Crippen molar-refractivity contribution in [1.82, 2.24) is 0 Å². The van der Waals surface area contributed by atoms with Gasteiger partial charge in [0.05, 0.1) is 37.8 Å². The molecule has 0 N–H and O–H groups in total. The van der Waals surface area contributed by atoms with Gasteiger partial charge in [0.25, 0.3) is 6.71 Å². The van der Waals surface area contributed by atoms with Gasteiger partial charge in [0, 0.05) is 57.0 Å². The molecule has 0 aliphatic carbocycles. The minimum Gasteiger partial charge on any atom is -0.490 e. The van der Waals surface area contributed by atoms with E-state index in [0.29, 0.717) is 26.4 Å². The van der Waals surface area contributed by atoms with E-state index in [1.54, 1.807) is 0 Å². The molecule has 4 aliphatic heterocycles. The molecule has 0 unspecified atom stereocenters. The summed E-state index contributed by atoms with van der Waals surface area (Å²) in [5.41, 5.74) is 16.8. The summed E-state index contributed by atoms with van der Waals surface area (Å²) in [6.07, 6.45) is 1.65. The highest BCUT2D eigenvalue weighted by molar-refractivity contribution is 7.02. The van der Waals surface area contributed by atoms with Gasteiger partial charge in [0.15, 0.2) is 23.0 Å². The number of benzene rings is 5. The first-order valence-electron chi connectivity index (χ1n) is 23.5. The van der Waals surface area contributed by atoms with Crippen LogP contribution in [-0.2, 0) is 16.2 Å². The van der Waals surface area contributed by atoms with Crippen LogP contribution in [0, 0.1) is 27.7 Å². The second kappa shape index (κ2) is 14.3. The smallest absolute Gasteiger partial charge is 0.262 e. The van der Waals surface area contributed by atoms with Gasteiger partial charge in [-0.15, -0.1) is 0 Å². The van der Waals surface area contributed by atoms with Crippen molar-refractivity contribution >= 4 is 79.6 Å². The summed E-state index contributed by atoms with van der Waals surface area (Å²) in [5, 5.41) is 2.21. The molecule has 7 aromatic rings. The molecule has 334 valence electrons. The lowest BCUT2D eigenvalue weighted by Crippen LogP contribution is -2.61. The van der Waals surface area contributed by atoms with E-state index < -0.39 is 0 Å². The molecular weight excluding hydrogens is 807 g/mol. The lowest BCUT2D eigenvalue weighted by Gasteiger charge is -2.43. The van der Waals surface area contributed by atoms with E-state index in [1.807, 2.05) is 0 Å². The molecular formula is C56H61BN2O6. The van der Waals surface area contributed by atoms with Crippen LogP contribution in [0.4, 0.5) is 34.5 Å². The van der Waals surface area contributed by atoms with Crippen molar-refractivity contribution in [2.24, 2.45) is 0 Å². The Hall–Kier alpha value is -5.96. The van der Waals surface area contributed by atoms with Crippen LogP contribution in [0.3, 0.4) is 0 Å². The predicted octanol–water partition coefficient (Wildman–Crippen LogP) is 12.7. The average Bonchev–Trinajstić information content (AvgIpc) is 3.58. The van der Waals surface area contributed by atoms with Gasteiger partial charge in [-0.05, 0) is 126 Å². The van der Waals surface area contributed by atoms with Crippen molar-refractivity contribution in [3.05, 3.63) is 99.6 Å². The topological polar surface area (TPSA) is 69.7 Å². The Kier molecular flexibility index (Phi) is 9.16. The second-order valence-electron chi connectivity index (χ2n) is 21.9. The number of rotatable bonds is 2. The molecule has 0 saturated heterocycles. The van der Waals surface area contributed by atoms with Gasteiger partial charge in [-0.25, -0.2) is 0 Å². The van der Waals surface area contributed by atoms with Crippen LogP contribution in [0.25, 0.3) is 21.9 Å². The van der Waals surface area contributed by atoms with E-state index in [9.17, 15) is 0 Å². The minimum atomic E-state index is -0.249. The summed E-state index contributed by atoms with van der Waals surface area (Å²) >= 11 is 0. The second-order valence-corrected chi connectivity index (χ2v) is 21.9. The van der Waals surface area contributed by atoms with E-state index in [2.05, 4.69) is 160 Å². The first-order valence-corrected chi connectivity index (χ1v) is 23.5. The zero-order valence-corrected chi connectivity index (χ0v) is 40.4. The third-order valence-corrected chi connectivity index (χ3v) is 14.2. The standard InChI is InChI=1S/C56H61BN2O6/c1-30-24-43-50(62-22-14-20-60-43)32(3)48(30)58-39-28-36(56(11,12)13)29-40-47(39)57(45-37-26-34(54(5,6)7)16-18-41(37)64-52(45)58)46-38-27-35(55(8,9)10)17-19-42(38)65-53(46)59(40)49-31(2)25-44-51(33(49)4)63-23-15-21-61-44/h16-19,24-29H,14-15,20-23H2,1-13H3. The number of nitrogens with zero attached hydrogens (tertiary/aromatic N) is 2. The molecule has 0 spiro atoms. The summed E-state index contributed by atoms with van der Waals surface area (Å²) in [4.78, 5) is 4.82. The summed E-state index contributed by atoms with van der Waals surface area (Å²) in [6, 6.07) is 22.7. The molecule has 9 heteroatoms. The summed E-state index contributed by atoms with van der Waals surface area (Å²) in [7, 11) is 0. The fourth-order valence-corrected chi connectivity index (χ4v) is 10.8. The lowest BCUT2D eigenvalue weighted by atomic mass is 9.33. The number of ether oxygens (including phenoxy) is 4. The van der Waals surface area contributed by atoms with Crippen molar-refractivity contribution in [1.29, 1.82) is 0 Å². The Balaban J connectivity index is 1.33. The predicted molar refractivity (Wildman–Crippen MR) is 266 cm³/mol. The maximum Gasteiger partial charge on any atom is 0.262 e. The Bertz CT molecular complexity index is 2940. The van der Waals surface area contributed by atoms with Crippen LogP contribution < -0.4 is 45.1 Å². The molecule has 65 heavy (non-hydrogen) atoms. The molecule has 0 atom stereocenters. The van der Waals surface area contributed by atoms with E-state index in [0.717, 1.165) is 125 Å². The van der Waals surface area contributed by atoms with Gasteiger partial charge < -0.3 is 27.8 Å². The number of aryl methyl sites for hydroxylation is 2. The Morgan fingerprint density at radius 3 is 1.26 bits per heavy atom. The molecule has 8 nitrogen and oxygen atoms in total. The van der Waals surface area contributed by atoms with Crippen LogP contribution in [0.1, 0.15) is 114 Å². The van der Waals surface area contributed by atoms with E-state index in [-0.39, 0.29) is 23.0 Å². The minimum absolute atomic E-state index is 0.0937. The highest BCUT2D eigenvalue weighted by atomic mass is 16.5. The first kappa shape index (κ1) is 41.7. The maximum absolute atomic E-state index is 7.37. The number of fused-ring (bicyclic) bond motifs is 10. The van der Waals surface area contributed by atoms with Crippen molar-refractivity contribution in [3.63, 3.8) is 0 Å². The quantitative estimate of drug-likeness (QED) is 0.159. The van der Waals surface area contributed by atoms with E-state index >= 15 is 0 Å². The molecule has 0 amide bonds. The number of hydrogen-bond acceptors (Lipinski definition) is 8. The Labute approximate surface area is 383 Å². The normalized spacial score (nSPS) is 15.8. The van der Waals surface area contributed by atoms with Gasteiger partial charge >= 0.3 is 0 Å². The molecule has 4 aliphatic rings. The first-order chi connectivity index (χ1) is 30.8. The highest BCUT2D eigenvalue weighted by Crippen LogP contribution is 2.54.